The first-order chi connectivity index (χ1) is 7.72. The summed E-state index contributed by atoms with van der Waals surface area (Å²) < 4.78 is 5.46. The van der Waals surface area contributed by atoms with Gasteiger partial charge in [-0.1, -0.05) is 6.92 Å². The highest BCUT2D eigenvalue weighted by Gasteiger charge is 2.16. The van der Waals surface area contributed by atoms with Crippen molar-refractivity contribution in [1.29, 1.82) is 0 Å². The molecule has 110 valence electrons. The molecule has 0 aromatic rings. The Morgan fingerprint density at radius 2 is 2.22 bits per heavy atom. The Labute approximate surface area is 122 Å². The standard InChI is InChI=1S/C11H23N3O2.2ClH/c1-3-14(2)6-4-13-11(15)8-10-9-12-5-7-16-10;;/h10,12H,3-9H2,1-2H3,(H,13,15);2*1H. The number of amides is 1. The first kappa shape index (κ1) is 20.3. The number of nitrogens with zero attached hydrogens (tertiary/aromatic N) is 1. The largest absolute Gasteiger partial charge is 0.375 e. The molecule has 5 nitrogen and oxygen atoms in total. The molecule has 1 saturated heterocycles. The van der Waals surface area contributed by atoms with E-state index in [9.17, 15) is 4.79 Å². The number of hydrogen-bond acceptors (Lipinski definition) is 4. The van der Waals surface area contributed by atoms with E-state index in [4.69, 9.17) is 4.74 Å². The quantitative estimate of drug-likeness (QED) is 0.740. The van der Waals surface area contributed by atoms with Gasteiger partial charge in [0.05, 0.1) is 19.1 Å². The van der Waals surface area contributed by atoms with Crippen LogP contribution >= 0.6 is 24.8 Å². The summed E-state index contributed by atoms with van der Waals surface area (Å²) in [7, 11) is 2.04. The second-order valence-corrected chi connectivity index (χ2v) is 4.15. The fourth-order valence-corrected chi connectivity index (χ4v) is 1.57. The van der Waals surface area contributed by atoms with Crippen LogP contribution in [0.1, 0.15) is 13.3 Å². The number of morpholine rings is 1. The minimum Gasteiger partial charge on any atom is -0.375 e. The van der Waals surface area contributed by atoms with Crippen LogP contribution in [0.5, 0.6) is 0 Å². The van der Waals surface area contributed by atoms with E-state index >= 15 is 0 Å². The lowest BCUT2D eigenvalue weighted by Gasteiger charge is -2.23. The Kier molecular flexibility index (Phi) is 13.5. The van der Waals surface area contributed by atoms with Gasteiger partial charge in [-0.15, -0.1) is 24.8 Å². The van der Waals surface area contributed by atoms with Crippen LogP contribution in [-0.2, 0) is 9.53 Å². The van der Waals surface area contributed by atoms with Crippen molar-refractivity contribution in [2.24, 2.45) is 0 Å². The second kappa shape index (κ2) is 12.0. The zero-order chi connectivity index (χ0) is 11.8. The Morgan fingerprint density at radius 3 is 2.78 bits per heavy atom. The van der Waals surface area contributed by atoms with Crippen molar-refractivity contribution in [3.63, 3.8) is 0 Å². The van der Waals surface area contributed by atoms with E-state index in [0.717, 1.165) is 26.2 Å². The summed E-state index contributed by atoms with van der Waals surface area (Å²) in [5.41, 5.74) is 0. The molecule has 0 bridgehead atoms. The summed E-state index contributed by atoms with van der Waals surface area (Å²) in [5.74, 6) is 0.0817. The van der Waals surface area contributed by atoms with Crippen molar-refractivity contribution in [2.75, 3.05) is 46.4 Å². The third kappa shape index (κ3) is 8.94. The van der Waals surface area contributed by atoms with Crippen molar-refractivity contribution in [1.82, 2.24) is 15.5 Å². The van der Waals surface area contributed by atoms with Gasteiger partial charge in [0.1, 0.15) is 0 Å². The molecule has 2 N–H and O–H groups in total. The molecule has 0 spiro atoms. The molecule has 1 unspecified atom stereocenters. The van der Waals surface area contributed by atoms with E-state index < -0.39 is 0 Å². The van der Waals surface area contributed by atoms with Gasteiger partial charge in [-0.2, -0.15) is 0 Å². The number of hydrogen-bond donors (Lipinski definition) is 2. The maximum atomic E-state index is 11.5. The normalized spacial score (nSPS) is 18.7. The van der Waals surface area contributed by atoms with E-state index in [0.29, 0.717) is 19.6 Å². The number of halogens is 2. The molecular weight excluding hydrogens is 277 g/mol. The molecule has 1 aliphatic rings. The average Bonchev–Trinajstić information content (AvgIpc) is 2.30. The highest BCUT2D eigenvalue weighted by atomic mass is 35.5. The van der Waals surface area contributed by atoms with Gasteiger partial charge in [0.25, 0.3) is 0 Å². The molecule has 1 fully saturated rings. The summed E-state index contributed by atoms with van der Waals surface area (Å²) >= 11 is 0. The highest BCUT2D eigenvalue weighted by molar-refractivity contribution is 5.85. The topological polar surface area (TPSA) is 53.6 Å². The lowest BCUT2D eigenvalue weighted by Crippen LogP contribution is -2.42. The number of carbonyl (C=O) groups is 1. The first-order valence-electron chi connectivity index (χ1n) is 6.00. The van der Waals surface area contributed by atoms with Crippen LogP contribution in [-0.4, -0.2) is 63.3 Å². The fourth-order valence-electron chi connectivity index (χ4n) is 1.57. The number of carbonyl (C=O) groups excluding carboxylic acids is 1. The van der Waals surface area contributed by atoms with Crippen LogP contribution in [0.4, 0.5) is 0 Å². The number of ether oxygens (including phenoxy) is 1. The monoisotopic (exact) mass is 301 g/mol. The van der Waals surface area contributed by atoms with Gasteiger partial charge in [0, 0.05) is 26.2 Å². The minimum absolute atomic E-state index is 0. The Balaban J connectivity index is 0. The average molecular weight is 302 g/mol. The highest BCUT2D eigenvalue weighted by Crippen LogP contribution is 2.00. The van der Waals surface area contributed by atoms with Gasteiger partial charge in [0.2, 0.25) is 5.91 Å². The van der Waals surface area contributed by atoms with Crippen molar-refractivity contribution >= 4 is 30.7 Å². The van der Waals surface area contributed by atoms with Crippen molar-refractivity contribution in [3.8, 4) is 0 Å². The summed E-state index contributed by atoms with van der Waals surface area (Å²) in [5, 5.41) is 6.12. The summed E-state index contributed by atoms with van der Waals surface area (Å²) in [6, 6.07) is 0. The fraction of sp³-hybridized carbons (Fsp3) is 0.909. The zero-order valence-corrected chi connectivity index (χ0v) is 12.7. The molecule has 7 heteroatoms. The molecule has 1 heterocycles. The molecule has 1 rings (SSSR count). The predicted octanol–water partition coefficient (Wildman–Crippen LogP) is 0.276. The lowest BCUT2D eigenvalue weighted by atomic mass is 10.2. The van der Waals surface area contributed by atoms with Crippen LogP contribution in [0.2, 0.25) is 0 Å². The molecule has 0 aliphatic carbocycles. The Bertz CT molecular complexity index is 214. The third-order valence-electron chi connectivity index (χ3n) is 2.77. The smallest absolute Gasteiger partial charge is 0.222 e. The van der Waals surface area contributed by atoms with Crippen LogP contribution < -0.4 is 10.6 Å². The minimum atomic E-state index is 0. The Hall–Kier alpha value is -0.0700. The summed E-state index contributed by atoms with van der Waals surface area (Å²) in [6.07, 6.45) is 0.501. The second-order valence-electron chi connectivity index (χ2n) is 4.15. The predicted molar refractivity (Wildman–Crippen MR) is 77.9 cm³/mol. The number of nitrogens with one attached hydrogen (secondary N) is 2. The maximum absolute atomic E-state index is 11.5. The maximum Gasteiger partial charge on any atom is 0.222 e. The summed E-state index contributed by atoms with van der Waals surface area (Å²) in [6.45, 7) is 7.09. The van der Waals surface area contributed by atoms with Crippen LogP contribution in [0.15, 0.2) is 0 Å². The van der Waals surface area contributed by atoms with Crippen molar-refractivity contribution in [3.05, 3.63) is 0 Å². The van der Waals surface area contributed by atoms with Gasteiger partial charge in [-0.25, -0.2) is 0 Å². The van der Waals surface area contributed by atoms with Crippen LogP contribution in [0.3, 0.4) is 0 Å². The Morgan fingerprint density at radius 1 is 1.50 bits per heavy atom. The SMILES string of the molecule is CCN(C)CCNC(=O)CC1CNCCO1.Cl.Cl. The lowest BCUT2D eigenvalue weighted by molar-refractivity contribution is -0.124. The first-order valence-corrected chi connectivity index (χ1v) is 6.00. The van der Waals surface area contributed by atoms with Crippen LogP contribution in [0.25, 0.3) is 0 Å². The molecule has 18 heavy (non-hydrogen) atoms. The zero-order valence-electron chi connectivity index (χ0n) is 11.1. The van der Waals surface area contributed by atoms with Gasteiger partial charge < -0.3 is 20.3 Å². The van der Waals surface area contributed by atoms with E-state index in [-0.39, 0.29) is 36.8 Å². The molecule has 1 amide bonds. The van der Waals surface area contributed by atoms with Crippen molar-refractivity contribution in [2.45, 2.75) is 19.4 Å². The third-order valence-corrected chi connectivity index (χ3v) is 2.77. The summed E-state index contributed by atoms with van der Waals surface area (Å²) in [4.78, 5) is 13.7. The van der Waals surface area contributed by atoms with E-state index in [2.05, 4.69) is 22.5 Å². The van der Waals surface area contributed by atoms with Gasteiger partial charge in [0.15, 0.2) is 0 Å². The molecule has 0 aromatic heterocycles. The number of rotatable bonds is 6. The molecule has 0 aromatic carbocycles. The van der Waals surface area contributed by atoms with E-state index in [1.807, 2.05) is 7.05 Å². The van der Waals surface area contributed by atoms with Gasteiger partial charge in [-0.3, -0.25) is 4.79 Å². The van der Waals surface area contributed by atoms with E-state index in [1.165, 1.54) is 0 Å². The van der Waals surface area contributed by atoms with Crippen LogP contribution in [0, 0.1) is 0 Å². The molecule has 1 atom stereocenters. The van der Waals surface area contributed by atoms with E-state index in [1.54, 1.807) is 0 Å². The van der Waals surface area contributed by atoms with Gasteiger partial charge in [-0.05, 0) is 13.6 Å². The molecule has 1 aliphatic heterocycles. The molecular formula is C11H25Cl2N3O2. The molecule has 0 saturated carbocycles. The molecule has 0 radical (unpaired) electrons. The number of likely N-dealkylation sites (N-methyl/N-ethyl adjacent to an activating group) is 1. The van der Waals surface area contributed by atoms with Crippen molar-refractivity contribution < 1.29 is 9.53 Å². The van der Waals surface area contributed by atoms with Gasteiger partial charge >= 0.3 is 0 Å².